The molecule has 1 aliphatic rings. The normalized spacial score (nSPS) is 20.3. The second-order valence-electron chi connectivity index (χ2n) is 6.68. The number of carbonyl (C=O) groups excluding carboxylic acids is 2. The Kier molecular flexibility index (Phi) is 7.99. The van der Waals surface area contributed by atoms with Gasteiger partial charge in [0.25, 0.3) is 5.91 Å². The van der Waals surface area contributed by atoms with E-state index < -0.39 is 29.1 Å². The van der Waals surface area contributed by atoms with E-state index >= 15 is 0 Å². The van der Waals surface area contributed by atoms with Crippen molar-refractivity contribution in [3.8, 4) is 0 Å². The summed E-state index contributed by atoms with van der Waals surface area (Å²) in [7, 11) is -3.78. The second-order valence-corrected chi connectivity index (χ2v) is 8.33. The van der Waals surface area contributed by atoms with Crippen LogP contribution in [0.15, 0.2) is 35.7 Å². The number of sulfonamides is 1. The number of nitrogens with one attached hydrogen (secondary N) is 2. The smallest absolute Gasteiger partial charge is 0.321 e. The second kappa shape index (κ2) is 10.2. The van der Waals surface area contributed by atoms with Gasteiger partial charge >= 0.3 is 5.97 Å². The lowest BCUT2D eigenvalue weighted by Crippen LogP contribution is -2.43. The molecule has 2 atom stereocenters. The van der Waals surface area contributed by atoms with Crippen LogP contribution in [0.1, 0.15) is 38.2 Å². The van der Waals surface area contributed by atoms with Crippen molar-refractivity contribution in [1.82, 2.24) is 10.0 Å². The number of ether oxygens (including phenoxy) is 1. The van der Waals surface area contributed by atoms with Gasteiger partial charge in [-0.15, -0.1) is 0 Å². The molecule has 1 amide bonds. The molecule has 27 heavy (non-hydrogen) atoms. The predicted octanol–water partition coefficient (Wildman–Crippen LogP) is 1.81. The molecule has 2 N–H and O–H groups in total. The molecule has 148 valence electrons. The molecule has 8 heteroatoms. The molecule has 0 aliphatic heterocycles. The quantitative estimate of drug-likeness (QED) is 0.655. The number of rotatable bonds is 8. The van der Waals surface area contributed by atoms with Crippen molar-refractivity contribution in [3.05, 3.63) is 41.3 Å². The van der Waals surface area contributed by atoms with Gasteiger partial charge in [-0.05, 0) is 30.4 Å². The van der Waals surface area contributed by atoms with Crippen LogP contribution >= 0.6 is 0 Å². The van der Waals surface area contributed by atoms with Crippen LogP contribution in [0.25, 0.3) is 6.08 Å². The minimum absolute atomic E-state index is 0.103. The molecule has 1 aromatic rings. The van der Waals surface area contributed by atoms with E-state index in [9.17, 15) is 18.0 Å². The fourth-order valence-electron chi connectivity index (χ4n) is 2.92. The molecule has 0 radical (unpaired) electrons. The Morgan fingerprint density at radius 2 is 1.89 bits per heavy atom. The largest absolute Gasteiger partial charge is 0.455 e. The lowest BCUT2D eigenvalue weighted by Gasteiger charge is -2.29. The Morgan fingerprint density at radius 3 is 2.59 bits per heavy atom. The van der Waals surface area contributed by atoms with E-state index in [0.717, 1.165) is 30.2 Å². The van der Waals surface area contributed by atoms with Gasteiger partial charge in [0.2, 0.25) is 10.0 Å². The Morgan fingerprint density at radius 1 is 1.19 bits per heavy atom. The summed E-state index contributed by atoms with van der Waals surface area (Å²) in [6.45, 7) is 1.14. The highest BCUT2D eigenvalue weighted by Gasteiger charge is 2.23. The zero-order valence-electron chi connectivity index (χ0n) is 15.4. The fraction of sp³-hybridized carbons (Fsp3) is 0.474. The van der Waals surface area contributed by atoms with E-state index in [-0.39, 0.29) is 11.9 Å². The van der Waals surface area contributed by atoms with Crippen molar-refractivity contribution in [2.24, 2.45) is 5.92 Å². The van der Waals surface area contributed by atoms with E-state index in [1.807, 2.05) is 6.07 Å². The highest BCUT2D eigenvalue weighted by atomic mass is 32.2. The third-order valence-corrected chi connectivity index (χ3v) is 5.52. The van der Waals surface area contributed by atoms with Crippen molar-refractivity contribution in [1.29, 1.82) is 0 Å². The first-order valence-electron chi connectivity index (χ1n) is 9.03. The summed E-state index contributed by atoms with van der Waals surface area (Å²) in [5.74, 6) is -0.769. The Labute approximate surface area is 160 Å². The van der Waals surface area contributed by atoms with Gasteiger partial charge in [-0.2, -0.15) is 0 Å². The summed E-state index contributed by atoms with van der Waals surface area (Å²) >= 11 is 0. The van der Waals surface area contributed by atoms with Crippen LogP contribution in [0.4, 0.5) is 0 Å². The van der Waals surface area contributed by atoms with Crippen LogP contribution in [0.5, 0.6) is 0 Å². The van der Waals surface area contributed by atoms with E-state index in [1.54, 1.807) is 24.3 Å². The summed E-state index contributed by atoms with van der Waals surface area (Å²) in [5.41, 5.74) is 0.721. The first kappa shape index (κ1) is 21.1. The summed E-state index contributed by atoms with van der Waals surface area (Å²) in [4.78, 5) is 23.6. The molecule has 0 saturated heterocycles. The summed E-state index contributed by atoms with van der Waals surface area (Å²) < 4.78 is 30.7. The van der Waals surface area contributed by atoms with Crippen LogP contribution in [-0.4, -0.2) is 39.5 Å². The Balaban J connectivity index is 1.70. The maximum absolute atomic E-state index is 11.9. The van der Waals surface area contributed by atoms with Gasteiger partial charge in [-0.25, -0.2) is 13.1 Å². The first-order valence-corrected chi connectivity index (χ1v) is 10.6. The van der Waals surface area contributed by atoms with Crippen LogP contribution in [0.3, 0.4) is 0 Å². The zero-order valence-corrected chi connectivity index (χ0v) is 16.2. The highest BCUT2D eigenvalue weighted by Crippen LogP contribution is 2.23. The molecule has 0 heterocycles. The molecule has 2 rings (SSSR count). The number of hydrogen-bond donors (Lipinski definition) is 2. The SMILES string of the molecule is C[C@H]1CCCC[C@H]1NC(=O)COC(=O)CNS(=O)(=O)/C=C/c1ccccc1. The third-order valence-electron chi connectivity index (χ3n) is 4.48. The molecule has 0 aromatic heterocycles. The molecule has 0 spiro atoms. The standard InChI is InChI=1S/C19H26N2O5S/c1-15-7-5-6-10-17(15)21-18(22)14-26-19(23)13-20-27(24,25)12-11-16-8-3-2-4-9-16/h2-4,8-9,11-12,15,17,20H,5-7,10,13-14H2,1H3,(H,21,22)/b12-11+/t15-,17+/m0/s1. The van der Waals surface area contributed by atoms with E-state index in [1.165, 1.54) is 12.5 Å². The highest BCUT2D eigenvalue weighted by molar-refractivity contribution is 7.92. The molecule has 0 unspecified atom stereocenters. The van der Waals surface area contributed by atoms with Crippen molar-refractivity contribution in [2.45, 2.75) is 38.6 Å². The van der Waals surface area contributed by atoms with E-state index in [2.05, 4.69) is 17.0 Å². The maximum atomic E-state index is 11.9. The summed E-state index contributed by atoms with van der Waals surface area (Å²) in [5, 5.41) is 3.85. The fourth-order valence-corrected chi connectivity index (χ4v) is 3.67. The molecule has 1 saturated carbocycles. The van der Waals surface area contributed by atoms with Gasteiger partial charge in [-0.1, -0.05) is 50.1 Å². The molecular weight excluding hydrogens is 368 g/mol. The number of hydrogen-bond acceptors (Lipinski definition) is 5. The number of carbonyl (C=O) groups is 2. The molecule has 1 aromatic carbocycles. The molecule has 0 bridgehead atoms. The Hall–Kier alpha value is -2.19. The predicted molar refractivity (Wildman–Crippen MR) is 103 cm³/mol. The number of esters is 1. The van der Waals surface area contributed by atoms with E-state index in [0.29, 0.717) is 5.92 Å². The number of benzene rings is 1. The van der Waals surface area contributed by atoms with Crippen LogP contribution < -0.4 is 10.0 Å². The van der Waals surface area contributed by atoms with Gasteiger partial charge in [0.05, 0.1) is 0 Å². The Bertz CT molecular complexity index is 762. The van der Waals surface area contributed by atoms with Crippen LogP contribution in [-0.2, 0) is 24.3 Å². The van der Waals surface area contributed by atoms with E-state index in [4.69, 9.17) is 4.74 Å². The van der Waals surface area contributed by atoms with Crippen LogP contribution in [0.2, 0.25) is 0 Å². The molecule has 7 nitrogen and oxygen atoms in total. The van der Waals surface area contributed by atoms with Crippen LogP contribution in [0, 0.1) is 5.92 Å². The van der Waals surface area contributed by atoms with Crippen molar-refractivity contribution >= 4 is 28.0 Å². The lowest BCUT2D eigenvalue weighted by molar-refractivity contribution is -0.147. The monoisotopic (exact) mass is 394 g/mol. The van der Waals surface area contributed by atoms with Crippen molar-refractivity contribution < 1.29 is 22.7 Å². The zero-order chi connectivity index (χ0) is 19.7. The summed E-state index contributed by atoms with van der Waals surface area (Å²) in [6.07, 6.45) is 5.67. The molecule has 1 fully saturated rings. The minimum Gasteiger partial charge on any atom is -0.455 e. The number of amides is 1. The molecule has 1 aliphatic carbocycles. The van der Waals surface area contributed by atoms with Gasteiger partial charge in [0.1, 0.15) is 6.54 Å². The van der Waals surface area contributed by atoms with Gasteiger partial charge in [-0.3, -0.25) is 9.59 Å². The lowest BCUT2D eigenvalue weighted by atomic mass is 9.86. The summed E-state index contributed by atoms with van der Waals surface area (Å²) in [6, 6.07) is 9.02. The average Bonchev–Trinajstić information content (AvgIpc) is 2.66. The van der Waals surface area contributed by atoms with Crippen molar-refractivity contribution in [2.75, 3.05) is 13.2 Å². The maximum Gasteiger partial charge on any atom is 0.321 e. The van der Waals surface area contributed by atoms with Gasteiger partial charge in [0, 0.05) is 11.4 Å². The van der Waals surface area contributed by atoms with Crippen molar-refractivity contribution in [3.63, 3.8) is 0 Å². The van der Waals surface area contributed by atoms with Gasteiger partial charge in [0.15, 0.2) is 6.61 Å². The molecular formula is C19H26N2O5S. The first-order chi connectivity index (χ1) is 12.9. The minimum atomic E-state index is -3.78. The average molecular weight is 394 g/mol. The third kappa shape index (κ3) is 7.92. The van der Waals surface area contributed by atoms with Gasteiger partial charge < -0.3 is 10.1 Å². The topological polar surface area (TPSA) is 102 Å².